The molecule has 1 aliphatic carbocycles. The molecule has 9 heteroatoms. The molecule has 0 fully saturated rings. The summed E-state index contributed by atoms with van der Waals surface area (Å²) in [6.45, 7) is 3.47. The molecule has 8 nitrogen and oxygen atoms in total. The van der Waals surface area contributed by atoms with Crippen LogP contribution < -0.4 is 10.2 Å². The first-order valence-corrected chi connectivity index (χ1v) is 11.7. The van der Waals surface area contributed by atoms with Gasteiger partial charge in [0, 0.05) is 13.0 Å². The topological polar surface area (TPSA) is 109 Å². The quantitative estimate of drug-likeness (QED) is 0.519. The van der Waals surface area contributed by atoms with Gasteiger partial charge in [-0.15, -0.1) is 0 Å². The van der Waals surface area contributed by atoms with Crippen molar-refractivity contribution in [2.24, 2.45) is 0 Å². The number of hydrogen-bond donors (Lipinski definition) is 2. The van der Waals surface area contributed by atoms with Crippen LogP contribution in [0.3, 0.4) is 0 Å². The summed E-state index contributed by atoms with van der Waals surface area (Å²) in [5, 5.41) is 12.3. The van der Waals surface area contributed by atoms with Crippen LogP contribution in [-0.4, -0.2) is 47.1 Å². The van der Waals surface area contributed by atoms with Crippen molar-refractivity contribution in [1.29, 1.82) is 0 Å². The second kappa shape index (κ2) is 9.64. The Balaban J connectivity index is 1.43. The number of aryl methyl sites for hydroxylation is 1. The van der Waals surface area contributed by atoms with Crippen molar-refractivity contribution >= 4 is 34.5 Å². The molecule has 0 bridgehead atoms. The third-order valence-corrected chi connectivity index (χ3v) is 7.05. The van der Waals surface area contributed by atoms with E-state index < -0.39 is 24.0 Å². The molecule has 2 N–H and O–H groups in total. The second-order valence-electron chi connectivity index (χ2n) is 8.08. The van der Waals surface area contributed by atoms with E-state index in [0.29, 0.717) is 12.1 Å². The maximum atomic E-state index is 13.0. The third kappa shape index (κ3) is 4.26. The number of carbonyl (C=O) groups is 3. The highest BCUT2D eigenvalue weighted by Gasteiger charge is 2.31. The number of carbonyl (C=O) groups excluding carboxylic acids is 2. The molecule has 34 heavy (non-hydrogen) atoms. The Morgan fingerprint density at radius 2 is 1.71 bits per heavy atom. The lowest BCUT2D eigenvalue weighted by atomic mass is 9.98. The van der Waals surface area contributed by atoms with Crippen LogP contribution >= 0.6 is 11.5 Å². The molecular weight excluding hydrogens is 454 g/mol. The monoisotopic (exact) mass is 479 g/mol. The van der Waals surface area contributed by atoms with E-state index in [-0.39, 0.29) is 23.1 Å². The highest BCUT2D eigenvalue weighted by Crippen LogP contribution is 2.44. The van der Waals surface area contributed by atoms with Crippen LogP contribution in [0.15, 0.2) is 48.5 Å². The smallest absolute Gasteiger partial charge is 0.407 e. The minimum atomic E-state index is -1.15. The number of nitrogens with zero attached hydrogens (tertiary/aromatic N) is 2. The summed E-state index contributed by atoms with van der Waals surface area (Å²) in [5.41, 5.74) is 4.78. The molecule has 0 saturated carbocycles. The summed E-state index contributed by atoms with van der Waals surface area (Å²) in [5.74, 6) is -1.68. The number of ether oxygens (including phenoxy) is 1. The van der Waals surface area contributed by atoms with Crippen LogP contribution in [0.4, 0.5) is 9.80 Å². The predicted octanol–water partition coefficient (Wildman–Crippen LogP) is 4.43. The van der Waals surface area contributed by atoms with Gasteiger partial charge in [-0.1, -0.05) is 55.5 Å². The first-order chi connectivity index (χ1) is 16.3. The van der Waals surface area contributed by atoms with Gasteiger partial charge < -0.3 is 20.1 Å². The Morgan fingerprint density at radius 3 is 2.26 bits per heavy atom. The number of amides is 2. The average Bonchev–Trinajstić information content (AvgIpc) is 3.38. The van der Waals surface area contributed by atoms with Crippen LogP contribution in [-0.2, 0) is 9.53 Å². The van der Waals surface area contributed by atoms with Crippen molar-refractivity contribution in [3.8, 4) is 11.1 Å². The lowest BCUT2D eigenvalue weighted by Crippen LogP contribution is -2.47. The number of nitrogens with one attached hydrogen (secondary N) is 1. The highest BCUT2D eigenvalue weighted by atomic mass is 32.1. The average molecular weight is 480 g/mol. The van der Waals surface area contributed by atoms with E-state index in [1.54, 1.807) is 13.8 Å². The minimum Gasteiger partial charge on any atom is -0.478 e. The fraction of sp³-hybridized carbons (Fsp3) is 0.280. The number of hydrogen-bond acceptors (Lipinski definition) is 6. The van der Waals surface area contributed by atoms with Crippen LogP contribution in [0.2, 0.25) is 0 Å². The fourth-order valence-corrected chi connectivity index (χ4v) is 5.14. The number of carboxylic acid groups (broad SMARTS) is 1. The summed E-state index contributed by atoms with van der Waals surface area (Å²) in [6.07, 6.45) is -0.387. The number of likely N-dealkylation sites (N-methyl/N-ethyl adjacent to an activating group) is 1. The van der Waals surface area contributed by atoms with Crippen LogP contribution in [0.25, 0.3) is 11.1 Å². The van der Waals surface area contributed by atoms with Crippen LogP contribution in [0, 0.1) is 6.92 Å². The molecule has 176 valence electrons. The van der Waals surface area contributed by atoms with E-state index in [2.05, 4.69) is 21.8 Å². The molecule has 0 spiro atoms. The number of carboxylic acids is 1. The number of aromatic nitrogens is 1. The molecule has 1 aromatic heterocycles. The normalized spacial score (nSPS) is 13.0. The summed E-state index contributed by atoms with van der Waals surface area (Å²) >= 11 is 0.932. The highest BCUT2D eigenvalue weighted by molar-refractivity contribution is 7.11. The zero-order chi connectivity index (χ0) is 24.4. The zero-order valence-corrected chi connectivity index (χ0v) is 19.9. The van der Waals surface area contributed by atoms with Gasteiger partial charge in [0.25, 0.3) is 0 Å². The lowest BCUT2D eigenvalue weighted by molar-refractivity contribution is -0.120. The molecule has 2 amide bonds. The van der Waals surface area contributed by atoms with Gasteiger partial charge in [-0.25, -0.2) is 9.59 Å². The maximum Gasteiger partial charge on any atom is 0.407 e. The number of aromatic carboxylic acids is 1. The van der Waals surface area contributed by atoms with Gasteiger partial charge in [0.15, 0.2) is 0 Å². The molecule has 2 aromatic carbocycles. The Morgan fingerprint density at radius 1 is 1.12 bits per heavy atom. The van der Waals surface area contributed by atoms with Crippen molar-refractivity contribution in [2.75, 3.05) is 18.6 Å². The SMILES string of the molecule is CCC(NC(=O)OCC1c2ccccc2-c2ccccc21)C(=O)N(C)c1snc(C)c1C(=O)O. The van der Waals surface area contributed by atoms with Gasteiger partial charge in [0.2, 0.25) is 5.91 Å². The Bertz CT molecular complexity index is 1210. The molecule has 1 unspecified atom stereocenters. The van der Waals surface area contributed by atoms with E-state index in [4.69, 9.17) is 4.74 Å². The van der Waals surface area contributed by atoms with E-state index in [9.17, 15) is 19.5 Å². The van der Waals surface area contributed by atoms with E-state index in [1.807, 2.05) is 36.4 Å². The molecular formula is C25H25N3O5S. The van der Waals surface area contributed by atoms with Crippen LogP contribution in [0.5, 0.6) is 0 Å². The van der Waals surface area contributed by atoms with Crippen molar-refractivity contribution in [3.05, 3.63) is 70.9 Å². The molecule has 1 atom stereocenters. The molecule has 0 aliphatic heterocycles. The van der Waals surface area contributed by atoms with Crippen LogP contribution in [0.1, 0.15) is 46.4 Å². The van der Waals surface area contributed by atoms with Gasteiger partial charge in [-0.05, 0) is 47.1 Å². The molecule has 1 heterocycles. The standard InChI is InChI=1S/C25H25N3O5S/c1-4-20(22(29)28(3)23-21(24(30)31)14(2)27-34-23)26-25(32)33-13-19-17-11-7-5-9-15(17)16-10-6-8-12-18(16)19/h5-12,19-20H,4,13H2,1-3H3,(H,26,32)(H,30,31). The maximum absolute atomic E-state index is 13.0. The largest absolute Gasteiger partial charge is 0.478 e. The third-order valence-electron chi connectivity index (χ3n) is 6.04. The van der Waals surface area contributed by atoms with Crippen molar-refractivity contribution in [2.45, 2.75) is 32.2 Å². The van der Waals surface area contributed by atoms with Gasteiger partial charge in [0.1, 0.15) is 23.2 Å². The minimum absolute atomic E-state index is 0.0168. The first-order valence-electron chi connectivity index (χ1n) is 10.9. The molecule has 3 aromatic rings. The van der Waals surface area contributed by atoms with Crippen molar-refractivity contribution < 1.29 is 24.2 Å². The number of benzene rings is 2. The van der Waals surface area contributed by atoms with Gasteiger partial charge >= 0.3 is 12.1 Å². The predicted molar refractivity (Wildman–Crippen MR) is 130 cm³/mol. The van der Waals surface area contributed by atoms with Gasteiger partial charge in [-0.2, -0.15) is 4.37 Å². The zero-order valence-electron chi connectivity index (χ0n) is 19.1. The second-order valence-corrected chi connectivity index (χ2v) is 8.83. The number of fused-ring (bicyclic) bond motifs is 3. The van der Waals surface area contributed by atoms with E-state index >= 15 is 0 Å². The Kier molecular flexibility index (Phi) is 6.65. The summed E-state index contributed by atoms with van der Waals surface area (Å²) in [7, 11) is 1.48. The Hall–Kier alpha value is -3.72. The first kappa shape index (κ1) is 23.4. The molecule has 0 saturated heterocycles. The summed E-state index contributed by atoms with van der Waals surface area (Å²) in [6, 6.07) is 15.2. The Labute approximate surface area is 201 Å². The number of alkyl carbamates (subject to hydrolysis) is 1. The molecule has 0 radical (unpaired) electrons. The van der Waals surface area contributed by atoms with E-state index in [0.717, 1.165) is 33.8 Å². The summed E-state index contributed by atoms with van der Waals surface area (Å²) < 4.78 is 9.60. The molecule has 1 aliphatic rings. The number of rotatable bonds is 7. The fourth-order valence-electron chi connectivity index (χ4n) is 4.29. The van der Waals surface area contributed by atoms with Crippen molar-refractivity contribution in [3.63, 3.8) is 0 Å². The van der Waals surface area contributed by atoms with Gasteiger partial charge in [0.05, 0.1) is 5.69 Å². The molecule has 4 rings (SSSR count). The van der Waals surface area contributed by atoms with Crippen molar-refractivity contribution in [1.82, 2.24) is 9.69 Å². The van der Waals surface area contributed by atoms with Gasteiger partial charge in [-0.3, -0.25) is 4.79 Å². The number of anilines is 1. The van der Waals surface area contributed by atoms with E-state index in [1.165, 1.54) is 11.9 Å². The lowest BCUT2D eigenvalue weighted by Gasteiger charge is -2.23. The summed E-state index contributed by atoms with van der Waals surface area (Å²) in [4.78, 5) is 38.5.